The highest BCUT2D eigenvalue weighted by molar-refractivity contribution is 5.29. The highest BCUT2D eigenvalue weighted by Crippen LogP contribution is 2.48. The van der Waals surface area contributed by atoms with Gasteiger partial charge in [0.2, 0.25) is 0 Å². The van der Waals surface area contributed by atoms with Gasteiger partial charge in [-0.15, -0.1) is 0 Å². The molecule has 3 atom stereocenters. The Morgan fingerprint density at radius 1 is 1.33 bits per heavy atom. The fourth-order valence-corrected chi connectivity index (χ4v) is 2.70. The smallest absolute Gasteiger partial charge is 0.437 e. The maximum Gasteiger partial charge on any atom is 0.437 e. The maximum atomic E-state index is 12.7. The standard InChI is InChI=1S/C12H13F3N2O/c13-12(14,15)11-10(2-1-3-17-11)18-6-9-7-4-16-5-8(7)9/h1-3,7-9,16H,4-6H2/t7-,8+,9+. The summed E-state index contributed by atoms with van der Waals surface area (Å²) in [7, 11) is 0. The second-order valence-electron chi connectivity index (χ2n) is 4.81. The third-order valence-corrected chi connectivity index (χ3v) is 3.74. The molecule has 6 heteroatoms. The van der Waals surface area contributed by atoms with Crippen LogP contribution in [-0.2, 0) is 6.18 Å². The van der Waals surface area contributed by atoms with E-state index in [1.165, 1.54) is 12.1 Å². The molecule has 1 saturated heterocycles. The van der Waals surface area contributed by atoms with Gasteiger partial charge in [0.15, 0.2) is 5.69 Å². The van der Waals surface area contributed by atoms with Gasteiger partial charge in [-0.05, 0) is 37.1 Å². The topological polar surface area (TPSA) is 34.1 Å². The van der Waals surface area contributed by atoms with Gasteiger partial charge in [0.25, 0.3) is 0 Å². The Morgan fingerprint density at radius 3 is 2.72 bits per heavy atom. The average Bonchev–Trinajstić information content (AvgIpc) is 2.77. The molecule has 3 rings (SSSR count). The monoisotopic (exact) mass is 258 g/mol. The van der Waals surface area contributed by atoms with Gasteiger partial charge in [-0.1, -0.05) is 0 Å². The van der Waals surface area contributed by atoms with Crippen molar-refractivity contribution in [2.45, 2.75) is 6.18 Å². The van der Waals surface area contributed by atoms with Crippen LogP contribution in [0, 0.1) is 17.8 Å². The predicted molar refractivity (Wildman–Crippen MR) is 58.1 cm³/mol. The molecular formula is C12H13F3N2O. The van der Waals surface area contributed by atoms with Crippen molar-refractivity contribution in [3.63, 3.8) is 0 Å². The summed E-state index contributed by atoms with van der Waals surface area (Å²) < 4.78 is 43.3. The molecular weight excluding hydrogens is 245 g/mol. The average molecular weight is 258 g/mol. The van der Waals surface area contributed by atoms with Crippen molar-refractivity contribution < 1.29 is 17.9 Å². The minimum Gasteiger partial charge on any atom is -0.491 e. The molecule has 1 aromatic heterocycles. The minimum atomic E-state index is -4.46. The molecule has 18 heavy (non-hydrogen) atoms. The first-order valence-electron chi connectivity index (χ1n) is 5.93. The lowest BCUT2D eigenvalue weighted by atomic mass is 10.3. The summed E-state index contributed by atoms with van der Waals surface area (Å²) in [5.74, 6) is 1.39. The lowest BCUT2D eigenvalue weighted by molar-refractivity contribution is -0.142. The van der Waals surface area contributed by atoms with Gasteiger partial charge >= 0.3 is 6.18 Å². The number of hydrogen-bond acceptors (Lipinski definition) is 3. The second-order valence-corrected chi connectivity index (χ2v) is 4.81. The van der Waals surface area contributed by atoms with Crippen LogP contribution in [0.1, 0.15) is 5.69 Å². The third kappa shape index (κ3) is 2.05. The van der Waals surface area contributed by atoms with Gasteiger partial charge in [-0.25, -0.2) is 4.98 Å². The van der Waals surface area contributed by atoms with Crippen molar-refractivity contribution in [2.24, 2.45) is 17.8 Å². The Bertz CT molecular complexity index is 439. The first-order chi connectivity index (χ1) is 8.57. The van der Waals surface area contributed by atoms with Crippen LogP contribution in [0.25, 0.3) is 0 Å². The summed E-state index contributed by atoms with van der Waals surface area (Å²) in [5.41, 5.74) is -0.936. The molecule has 1 aliphatic carbocycles. The van der Waals surface area contributed by atoms with E-state index < -0.39 is 11.9 Å². The van der Waals surface area contributed by atoms with Crippen LogP contribution in [0.15, 0.2) is 18.3 Å². The molecule has 2 heterocycles. The molecule has 1 saturated carbocycles. The fraction of sp³-hybridized carbons (Fsp3) is 0.583. The number of rotatable bonds is 3. The van der Waals surface area contributed by atoms with Crippen molar-refractivity contribution in [1.82, 2.24) is 10.3 Å². The number of ether oxygens (including phenoxy) is 1. The van der Waals surface area contributed by atoms with Gasteiger partial charge < -0.3 is 10.1 Å². The van der Waals surface area contributed by atoms with Crippen molar-refractivity contribution in [2.75, 3.05) is 19.7 Å². The van der Waals surface area contributed by atoms with Crippen LogP contribution in [0.4, 0.5) is 13.2 Å². The summed E-state index contributed by atoms with van der Waals surface area (Å²) >= 11 is 0. The number of hydrogen-bond donors (Lipinski definition) is 1. The zero-order valence-corrected chi connectivity index (χ0v) is 9.57. The van der Waals surface area contributed by atoms with E-state index in [-0.39, 0.29) is 5.75 Å². The lowest BCUT2D eigenvalue weighted by Crippen LogP contribution is -2.18. The molecule has 0 spiro atoms. The predicted octanol–water partition coefficient (Wildman–Crippen LogP) is 1.94. The largest absolute Gasteiger partial charge is 0.491 e. The van der Waals surface area contributed by atoms with Crippen LogP contribution in [0.3, 0.4) is 0 Å². The van der Waals surface area contributed by atoms with E-state index in [2.05, 4.69) is 10.3 Å². The number of piperidine rings is 1. The summed E-state index contributed by atoms with van der Waals surface area (Å²) in [6.45, 7) is 2.27. The maximum absolute atomic E-state index is 12.7. The molecule has 0 radical (unpaired) electrons. The van der Waals surface area contributed by atoms with Crippen LogP contribution in [0.5, 0.6) is 5.75 Å². The van der Waals surface area contributed by atoms with Crippen LogP contribution in [0.2, 0.25) is 0 Å². The summed E-state index contributed by atoms with van der Waals surface area (Å²) in [6.07, 6.45) is -3.33. The Hall–Kier alpha value is -1.30. The van der Waals surface area contributed by atoms with Gasteiger partial charge in [-0.3, -0.25) is 0 Å². The summed E-state index contributed by atoms with van der Waals surface area (Å²) in [6, 6.07) is 2.78. The zero-order valence-electron chi connectivity index (χ0n) is 9.57. The Labute approximate surface area is 102 Å². The molecule has 2 fully saturated rings. The normalized spacial score (nSPS) is 30.1. The summed E-state index contributed by atoms with van der Waals surface area (Å²) in [4.78, 5) is 3.36. The minimum absolute atomic E-state index is 0.164. The molecule has 1 aliphatic heterocycles. The highest BCUT2D eigenvalue weighted by Gasteiger charge is 2.53. The van der Waals surface area contributed by atoms with Crippen molar-refractivity contribution in [1.29, 1.82) is 0 Å². The number of aromatic nitrogens is 1. The third-order valence-electron chi connectivity index (χ3n) is 3.74. The molecule has 98 valence electrons. The molecule has 2 aliphatic rings. The first-order valence-corrected chi connectivity index (χ1v) is 5.93. The molecule has 1 aromatic rings. The lowest BCUT2D eigenvalue weighted by Gasteiger charge is -2.13. The number of fused-ring (bicyclic) bond motifs is 1. The van der Waals surface area contributed by atoms with Gasteiger partial charge in [0, 0.05) is 12.1 Å². The molecule has 0 aromatic carbocycles. The van der Waals surface area contributed by atoms with Gasteiger partial charge in [-0.2, -0.15) is 13.2 Å². The van der Waals surface area contributed by atoms with Gasteiger partial charge in [0.05, 0.1) is 6.61 Å². The second kappa shape index (κ2) is 4.12. The van der Waals surface area contributed by atoms with E-state index in [0.29, 0.717) is 24.4 Å². The van der Waals surface area contributed by atoms with E-state index in [1.54, 1.807) is 0 Å². The van der Waals surface area contributed by atoms with E-state index >= 15 is 0 Å². The van der Waals surface area contributed by atoms with Crippen LogP contribution >= 0.6 is 0 Å². The first kappa shape index (κ1) is 11.8. The van der Waals surface area contributed by atoms with Crippen molar-refractivity contribution >= 4 is 0 Å². The van der Waals surface area contributed by atoms with E-state index in [1.807, 2.05) is 0 Å². The van der Waals surface area contributed by atoms with E-state index in [0.717, 1.165) is 19.3 Å². The Kier molecular flexibility index (Phi) is 2.69. The number of nitrogens with one attached hydrogen (secondary N) is 1. The molecule has 0 unspecified atom stereocenters. The number of pyridine rings is 1. The highest BCUT2D eigenvalue weighted by atomic mass is 19.4. The number of nitrogens with zero attached hydrogens (tertiary/aromatic N) is 1. The van der Waals surface area contributed by atoms with Crippen LogP contribution in [-0.4, -0.2) is 24.7 Å². The number of halogens is 3. The van der Waals surface area contributed by atoms with Crippen LogP contribution < -0.4 is 10.1 Å². The SMILES string of the molecule is FC(F)(F)c1ncccc1OC[C@H]1[C@@H]2CNC[C@@H]21. The summed E-state index contributed by atoms with van der Waals surface area (Å²) in [5, 5.41) is 3.24. The van der Waals surface area contributed by atoms with Gasteiger partial charge in [0.1, 0.15) is 5.75 Å². The zero-order chi connectivity index (χ0) is 12.8. The van der Waals surface area contributed by atoms with Crippen molar-refractivity contribution in [3.05, 3.63) is 24.0 Å². The van der Waals surface area contributed by atoms with E-state index in [4.69, 9.17) is 4.74 Å². The Balaban J connectivity index is 1.66. The molecule has 1 N–H and O–H groups in total. The number of alkyl halides is 3. The molecule has 0 amide bonds. The fourth-order valence-electron chi connectivity index (χ4n) is 2.70. The van der Waals surface area contributed by atoms with E-state index in [9.17, 15) is 13.2 Å². The Morgan fingerprint density at radius 2 is 2.06 bits per heavy atom. The van der Waals surface area contributed by atoms with Crippen molar-refractivity contribution in [3.8, 4) is 5.75 Å². The molecule has 0 bridgehead atoms. The molecule has 3 nitrogen and oxygen atoms in total. The quantitative estimate of drug-likeness (QED) is 0.899.